The molecule has 0 unspecified atom stereocenters. The normalized spacial score (nSPS) is 12.8. The Hall–Kier alpha value is -2.61. The number of carbonyl (C=O) groups excluding carboxylic acids is 1. The van der Waals surface area contributed by atoms with Crippen molar-refractivity contribution in [1.29, 1.82) is 0 Å². The molecule has 1 amide bonds. The number of hydrogen-bond donors (Lipinski definition) is 2. The third-order valence-corrected chi connectivity index (χ3v) is 4.20. The number of anilines is 2. The van der Waals surface area contributed by atoms with E-state index >= 15 is 0 Å². The zero-order valence-corrected chi connectivity index (χ0v) is 14.3. The molecule has 2 aromatic rings. The number of halogens is 1. The molecule has 0 bridgehead atoms. The highest BCUT2D eigenvalue weighted by atomic mass is 79.9. The largest absolute Gasteiger partial charge is 0.481 e. The number of hydrogen-bond acceptors (Lipinski definition) is 5. The lowest BCUT2D eigenvalue weighted by atomic mass is 10.1. The summed E-state index contributed by atoms with van der Waals surface area (Å²) in [5, 5.41) is 17.0. The van der Waals surface area contributed by atoms with Crippen LogP contribution in [0.3, 0.4) is 0 Å². The maximum Gasteiger partial charge on any atom is 0.296 e. The first-order valence-corrected chi connectivity index (χ1v) is 7.97. The van der Waals surface area contributed by atoms with E-state index in [0.717, 1.165) is 15.6 Å². The van der Waals surface area contributed by atoms with Gasteiger partial charge in [-0.15, -0.1) is 0 Å². The van der Waals surface area contributed by atoms with E-state index < -0.39 is 4.92 Å². The Balaban J connectivity index is 1.91. The molecule has 1 aliphatic rings. The molecule has 8 heteroatoms. The lowest BCUT2D eigenvalue weighted by Crippen LogP contribution is -2.25. The van der Waals surface area contributed by atoms with Gasteiger partial charge in [0, 0.05) is 11.0 Å². The van der Waals surface area contributed by atoms with Gasteiger partial charge in [0.2, 0.25) is 0 Å². The summed E-state index contributed by atoms with van der Waals surface area (Å²) in [6.45, 7) is 2.24. The van der Waals surface area contributed by atoms with Crippen LogP contribution in [0.15, 0.2) is 34.8 Å². The number of ether oxygens (including phenoxy) is 1. The number of nitro benzene ring substituents is 1. The Labute approximate surface area is 146 Å². The molecule has 3 rings (SSSR count). The molecule has 0 aliphatic carbocycles. The van der Waals surface area contributed by atoms with Gasteiger partial charge in [0.1, 0.15) is 5.69 Å². The van der Waals surface area contributed by atoms with E-state index in [0.29, 0.717) is 23.7 Å². The summed E-state index contributed by atoms with van der Waals surface area (Å²) in [5.41, 5.74) is 2.73. The van der Waals surface area contributed by atoms with E-state index in [1.54, 1.807) is 0 Å². The molecule has 1 aliphatic heterocycles. The molecular weight excluding hydrogens is 378 g/mol. The molecule has 0 spiro atoms. The lowest BCUT2D eigenvalue weighted by molar-refractivity contribution is -0.384. The van der Waals surface area contributed by atoms with Crippen LogP contribution < -0.4 is 15.4 Å². The van der Waals surface area contributed by atoms with Gasteiger partial charge in [-0.05, 0) is 36.2 Å². The van der Waals surface area contributed by atoms with Crippen LogP contribution in [0.1, 0.15) is 11.1 Å². The van der Waals surface area contributed by atoms with Crippen molar-refractivity contribution in [3.05, 3.63) is 56.0 Å². The van der Waals surface area contributed by atoms with E-state index in [-0.39, 0.29) is 18.2 Å². The Morgan fingerprint density at radius 2 is 2.17 bits per heavy atom. The standard InChI is InChI=1S/C16H14BrN3O4/c1-9-2-3-11(17)4-10(9)7-18-12-5-13-15(6-14(12)20(22)23)24-8-16(21)19-13/h2-6,18H,7-8H2,1H3,(H,19,21). The Morgan fingerprint density at radius 1 is 1.38 bits per heavy atom. The van der Waals surface area contributed by atoms with Gasteiger partial charge < -0.3 is 15.4 Å². The highest BCUT2D eigenvalue weighted by Crippen LogP contribution is 2.38. The van der Waals surface area contributed by atoms with Crippen molar-refractivity contribution in [3.8, 4) is 5.75 Å². The number of benzene rings is 2. The quantitative estimate of drug-likeness (QED) is 0.613. The van der Waals surface area contributed by atoms with Gasteiger partial charge in [-0.25, -0.2) is 0 Å². The average molecular weight is 392 g/mol. The van der Waals surface area contributed by atoms with Crippen LogP contribution in [0.25, 0.3) is 0 Å². The topological polar surface area (TPSA) is 93.5 Å². The van der Waals surface area contributed by atoms with Crippen molar-refractivity contribution in [2.45, 2.75) is 13.5 Å². The van der Waals surface area contributed by atoms with Crippen molar-refractivity contribution < 1.29 is 14.5 Å². The van der Waals surface area contributed by atoms with Crippen LogP contribution in [0.2, 0.25) is 0 Å². The predicted molar refractivity (Wildman–Crippen MR) is 93.4 cm³/mol. The second kappa shape index (κ2) is 6.48. The number of nitrogens with one attached hydrogen (secondary N) is 2. The molecule has 0 atom stereocenters. The Kier molecular flexibility index (Phi) is 4.39. The Bertz CT molecular complexity index is 838. The van der Waals surface area contributed by atoms with Crippen molar-refractivity contribution in [2.75, 3.05) is 17.2 Å². The van der Waals surface area contributed by atoms with Crippen LogP contribution in [0, 0.1) is 17.0 Å². The fraction of sp³-hybridized carbons (Fsp3) is 0.188. The molecule has 2 N–H and O–H groups in total. The number of amides is 1. The second-order valence-corrected chi connectivity index (χ2v) is 6.30. The third-order valence-electron chi connectivity index (χ3n) is 3.71. The Morgan fingerprint density at radius 3 is 2.92 bits per heavy atom. The number of fused-ring (bicyclic) bond motifs is 1. The van der Waals surface area contributed by atoms with Crippen LogP contribution >= 0.6 is 15.9 Å². The highest BCUT2D eigenvalue weighted by molar-refractivity contribution is 9.10. The van der Waals surface area contributed by atoms with Crippen LogP contribution in [0.4, 0.5) is 17.1 Å². The SMILES string of the molecule is Cc1ccc(Br)cc1CNc1cc2c(cc1[N+](=O)[O-])OCC(=O)N2. The first-order chi connectivity index (χ1) is 11.4. The van der Waals surface area contributed by atoms with Crippen LogP contribution in [-0.4, -0.2) is 17.4 Å². The van der Waals surface area contributed by atoms with E-state index in [4.69, 9.17) is 4.74 Å². The van der Waals surface area contributed by atoms with E-state index in [1.165, 1.54) is 12.1 Å². The fourth-order valence-corrected chi connectivity index (χ4v) is 2.84. The maximum absolute atomic E-state index is 11.4. The molecule has 2 aromatic carbocycles. The van der Waals surface area contributed by atoms with E-state index in [1.807, 2.05) is 25.1 Å². The molecule has 24 heavy (non-hydrogen) atoms. The minimum Gasteiger partial charge on any atom is -0.481 e. The van der Waals surface area contributed by atoms with Crippen LogP contribution in [-0.2, 0) is 11.3 Å². The molecule has 7 nitrogen and oxygen atoms in total. The van der Waals surface area contributed by atoms with Crippen molar-refractivity contribution in [1.82, 2.24) is 0 Å². The first kappa shape index (κ1) is 16.3. The fourth-order valence-electron chi connectivity index (χ4n) is 2.43. The van der Waals surface area contributed by atoms with Crippen molar-refractivity contribution >= 4 is 38.9 Å². The average Bonchev–Trinajstić information content (AvgIpc) is 2.54. The summed E-state index contributed by atoms with van der Waals surface area (Å²) in [6, 6.07) is 8.71. The number of nitro groups is 1. The van der Waals surface area contributed by atoms with Gasteiger partial charge in [0.15, 0.2) is 12.4 Å². The summed E-state index contributed by atoms with van der Waals surface area (Å²) in [6.07, 6.45) is 0. The number of rotatable bonds is 4. The zero-order chi connectivity index (χ0) is 17.3. The molecule has 0 radical (unpaired) electrons. The zero-order valence-electron chi connectivity index (χ0n) is 12.8. The monoisotopic (exact) mass is 391 g/mol. The summed E-state index contributed by atoms with van der Waals surface area (Å²) < 4.78 is 6.16. The number of aryl methyl sites for hydroxylation is 1. The third kappa shape index (κ3) is 3.33. The van der Waals surface area contributed by atoms with E-state index in [9.17, 15) is 14.9 Å². The van der Waals surface area contributed by atoms with Gasteiger partial charge in [-0.1, -0.05) is 22.0 Å². The summed E-state index contributed by atoms with van der Waals surface area (Å²) in [5.74, 6) is 0.00984. The van der Waals surface area contributed by atoms with E-state index in [2.05, 4.69) is 26.6 Å². The highest BCUT2D eigenvalue weighted by Gasteiger charge is 2.23. The van der Waals surface area contributed by atoms with Gasteiger partial charge in [-0.3, -0.25) is 14.9 Å². The second-order valence-electron chi connectivity index (χ2n) is 5.38. The van der Waals surface area contributed by atoms with Crippen molar-refractivity contribution in [3.63, 3.8) is 0 Å². The lowest BCUT2D eigenvalue weighted by Gasteiger charge is -2.19. The van der Waals surface area contributed by atoms with Gasteiger partial charge in [0.05, 0.1) is 16.7 Å². The minimum absolute atomic E-state index is 0.0995. The molecule has 0 saturated heterocycles. The van der Waals surface area contributed by atoms with Crippen molar-refractivity contribution in [2.24, 2.45) is 0 Å². The smallest absolute Gasteiger partial charge is 0.296 e. The van der Waals surface area contributed by atoms with Gasteiger partial charge >= 0.3 is 0 Å². The summed E-state index contributed by atoms with van der Waals surface area (Å²) in [4.78, 5) is 22.3. The molecule has 0 saturated carbocycles. The first-order valence-electron chi connectivity index (χ1n) is 7.18. The summed E-state index contributed by atoms with van der Waals surface area (Å²) >= 11 is 3.42. The predicted octanol–water partition coefficient (Wildman–Crippen LogP) is 3.61. The number of carbonyl (C=O) groups is 1. The minimum atomic E-state index is -0.476. The molecule has 0 fully saturated rings. The van der Waals surface area contributed by atoms with Gasteiger partial charge in [0.25, 0.3) is 11.6 Å². The molecular formula is C16H14BrN3O4. The maximum atomic E-state index is 11.4. The van der Waals surface area contributed by atoms with Crippen LogP contribution in [0.5, 0.6) is 5.75 Å². The molecule has 1 heterocycles. The number of nitrogens with zero attached hydrogens (tertiary/aromatic N) is 1. The summed E-state index contributed by atoms with van der Waals surface area (Å²) in [7, 11) is 0. The molecule has 0 aromatic heterocycles. The molecule has 124 valence electrons. The van der Waals surface area contributed by atoms with Gasteiger partial charge in [-0.2, -0.15) is 0 Å².